The number of hydrogen-bond acceptors (Lipinski definition) is 7. The van der Waals surface area contributed by atoms with Gasteiger partial charge in [0.25, 0.3) is 10.0 Å². The van der Waals surface area contributed by atoms with E-state index < -0.39 is 55.6 Å². The summed E-state index contributed by atoms with van der Waals surface area (Å²) in [6.07, 6.45) is -2.91. The Morgan fingerprint density at radius 1 is 1.37 bits per heavy atom. The maximum Gasteiger partial charge on any atom is 0.417 e. The van der Waals surface area contributed by atoms with Gasteiger partial charge in [-0.05, 0) is 38.0 Å². The average molecular weight is 448 g/mol. The van der Waals surface area contributed by atoms with Crippen molar-refractivity contribution >= 4 is 21.8 Å². The molecule has 0 aromatic carbocycles. The number of hydrogen-bond donors (Lipinski definition) is 2. The Morgan fingerprint density at radius 3 is 2.57 bits per heavy atom. The Hall–Kier alpha value is -2.31. The van der Waals surface area contributed by atoms with E-state index in [1.54, 1.807) is 0 Å². The highest BCUT2D eigenvalue weighted by Gasteiger charge is 2.58. The van der Waals surface area contributed by atoms with Crippen LogP contribution < -0.4 is 4.72 Å². The van der Waals surface area contributed by atoms with Gasteiger partial charge in [-0.1, -0.05) is 0 Å². The fraction of sp³-hybridized carbons (Fsp3) is 0.500. The van der Waals surface area contributed by atoms with Crippen molar-refractivity contribution in [3.8, 4) is 0 Å². The zero-order valence-electron chi connectivity index (χ0n) is 16.0. The highest BCUT2D eigenvalue weighted by atomic mass is 32.2. The molecule has 0 radical (unpaired) electrons. The number of aromatic nitrogens is 1. The van der Waals surface area contributed by atoms with Crippen LogP contribution in [0.25, 0.3) is 0 Å². The number of sulfonamides is 1. The molecule has 2 aliphatic carbocycles. The minimum atomic E-state index is -4.67. The van der Waals surface area contributed by atoms with Crippen LogP contribution in [0.5, 0.6) is 0 Å². The highest BCUT2D eigenvalue weighted by Crippen LogP contribution is 2.47. The van der Waals surface area contributed by atoms with E-state index in [2.05, 4.69) is 14.4 Å². The zero-order chi connectivity index (χ0) is 22.5. The van der Waals surface area contributed by atoms with Gasteiger partial charge in [0.2, 0.25) is 0 Å². The van der Waals surface area contributed by atoms with Gasteiger partial charge in [0.1, 0.15) is 0 Å². The first kappa shape index (κ1) is 22.4. The molecule has 1 fully saturated rings. The molecule has 0 spiro atoms. The van der Waals surface area contributed by atoms with Gasteiger partial charge in [-0.2, -0.15) is 13.2 Å². The Balaban J connectivity index is 1.97. The van der Waals surface area contributed by atoms with Crippen LogP contribution in [0.4, 0.5) is 13.2 Å². The minimum absolute atomic E-state index is 0.0127. The number of fused-ring (bicyclic) bond motifs is 1. The number of Topliss-reactive ketones (excluding diaryl/α,β-unsaturated/α-hetero) is 1. The van der Waals surface area contributed by atoms with Gasteiger partial charge in [0, 0.05) is 24.1 Å². The third-order valence-corrected chi connectivity index (χ3v) is 6.92. The van der Waals surface area contributed by atoms with Crippen molar-refractivity contribution in [3.05, 3.63) is 35.5 Å². The number of alkyl halides is 3. The molecule has 1 heterocycles. The third kappa shape index (κ3) is 3.74. The van der Waals surface area contributed by atoms with Crippen LogP contribution in [0.3, 0.4) is 0 Å². The normalized spacial score (nSPS) is 29.3. The van der Waals surface area contributed by atoms with Crippen LogP contribution in [0.15, 0.2) is 35.0 Å². The Bertz CT molecular complexity index is 1020. The van der Waals surface area contributed by atoms with Crippen LogP contribution >= 0.6 is 0 Å². The number of pyridine rings is 1. The summed E-state index contributed by atoms with van der Waals surface area (Å²) in [7, 11) is -3.33. The van der Waals surface area contributed by atoms with E-state index in [1.807, 2.05) is 0 Å². The summed E-state index contributed by atoms with van der Waals surface area (Å²) in [4.78, 5) is 27.9. The number of halogens is 3. The largest absolute Gasteiger partial charge is 0.466 e. The number of rotatable bonds is 4. The van der Waals surface area contributed by atoms with Gasteiger partial charge >= 0.3 is 12.1 Å². The molecule has 1 saturated carbocycles. The number of aliphatic hydroxyl groups is 1. The van der Waals surface area contributed by atoms with Gasteiger partial charge in [-0.15, -0.1) is 0 Å². The van der Waals surface area contributed by atoms with E-state index in [1.165, 1.54) is 6.92 Å². The summed E-state index contributed by atoms with van der Waals surface area (Å²) in [5.41, 5.74) is -4.96. The molecule has 8 nitrogen and oxygen atoms in total. The molecule has 3 atom stereocenters. The molecule has 12 heteroatoms. The molecule has 0 saturated heterocycles. The lowest BCUT2D eigenvalue weighted by molar-refractivity contribution is -0.146. The Morgan fingerprint density at radius 2 is 2.03 bits per heavy atom. The van der Waals surface area contributed by atoms with Crippen molar-refractivity contribution in [2.45, 2.75) is 48.5 Å². The van der Waals surface area contributed by atoms with Gasteiger partial charge < -0.3 is 9.84 Å². The molecule has 1 aromatic rings. The number of ether oxygens (including phenoxy) is 1. The molecule has 0 amide bonds. The quantitative estimate of drug-likeness (QED) is 0.667. The highest BCUT2D eigenvalue weighted by molar-refractivity contribution is 7.89. The van der Waals surface area contributed by atoms with Crippen LogP contribution in [0.2, 0.25) is 0 Å². The van der Waals surface area contributed by atoms with Crippen LogP contribution in [0, 0.1) is 5.92 Å². The Labute approximate surface area is 170 Å². The van der Waals surface area contributed by atoms with E-state index in [4.69, 9.17) is 0 Å². The van der Waals surface area contributed by atoms with Crippen molar-refractivity contribution < 1.29 is 41.0 Å². The van der Waals surface area contributed by atoms with E-state index in [9.17, 15) is 36.3 Å². The van der Waals surface area contributed by atoms with E-state index >= 15 is 0 Å². The monoisotopic (exact) mass is 448 g/mol. The van der Waals surface area contributed by atoms with Crippen LogP contribution in [0.1, 0.15) is 31.7 Å². The summed E-state index contributed by atoms with van der Waals surface area (Å²) in [5.74, 6) is -2.27. The van der Waals surface area contributed by atoms with Gasteiger partial charge in [0.05, 0.1) is 18.2 Å². The number of carbonyl (C=O) groups is 2. The van der Waals surface area contributed by atoms with Crippen molar-refractivity contribution in [2.24, 2.45) is 5.92 Å². The topological polar surface area (TPSA) is 123 Å². The summed E-state index contributed by atoms with van der Waals surface area (Å²) in [6, 6.07) is 1.31. The fourth-order valence-electron chi connectivity index (χ4n) is 4.01. The lowest BCUT2D eigenvalue weighted by atomic mass is 9.70. The summed E-state index contributed by atoms with van der Waals surface area (Å²) in [5, 5.41) is 10.2. The smallest absolute Gasteiger partial charge is 0.417 e. The zero-order valence-corrected chi connectivity index (χ0v) is 16.8. The molecular formula is C18H19F3N2O6S. The van der Waals surface area contributed by atoms with Crippen LogP contribution in [-0.4, -0.2) is 48.5 Å². The molecule has 30 heavy (non-hydrogen) atoms. The van der Waals surface area contributed by atoms with Gasteiger partial charge in [0.15, 0.2) is 16.4 Å². The van der Waals surface area contributed by atoms with E-state index in [0.29, 0.717) is 12.3 Å². The fourth-order valence-corrected chi connectivity index (χ4v) is 5.31. The second-order valence-corrected chi connectivity index (χ2v) is 9.21. The van der Waals surface area contributed by atoms with Crippen LogP contribution in [-0.2, 0) is 30.5 Å². The minimum Gasteiger partial charge on any atom is -0.466 e. The first-order valence-electron chi connectivity index (χ1n) is 8.87. The van der Waals surface area contributed by atoms with Gasteiger partial charge in [-0.25, -0.2) is 22.9 Å². The molecule has 3 rings (SSSR count). The SMILES string of the molecule is COC(=O)C1=C[C@](C)(NS(=O)(=O)c2ccc(C(F)(F)F)cn2)CC2CCC(=O)[C@@]12O. The van der Waals surface area contributed by atoms with E-state index in [-0.39, 0.29) is 24.8 Å². The number of carbonyl (C=O) groups excluding carboxylic acids is 2. The summed E-state index contributed by atoms with van der Waals surface area (Å²) in [6.45, 7) is 1.43. The first-order chi connectivity index (χ1) is 13.7. The Kier molecular flexibility index (Phi) is 5.32. The third-order valence-electron chi connectivity index (χ3n) is 5.39. The lowest BCUT2D eigenvalue weighted by Crippen LogP contribution is -2.56. The predicted molar refractivity (Wildman–Crippen MR) is 95.4 cm³/mol. The van der Waals surface area contributed by atoms with Crippen molar-refractivity contribution in [1.82, 2.24) is 9.71 Å². The number of nitrogens with one attached hydrogen (secondary N) is 1. The maximum absolute atomic E-state index is 12.7. The predicted octanol–water partition coefficient (Wildman–Crippen LogP) is 1.35. The maximum atomic E-state index is 12.7. The molecule has 0 bridgehead atoms. The number of esters is 1. The average Bonchev–Trinajstić information content (AvgIpc) is 2.94. The lowest BCUT2D eigenvalue weighted by Gasteiger charge is -2.41. The number of methoxy groups -OCH3 is 1. The number of nitrogens with zero attached hydrogens (tertiary/aromatic N) is 1. The number of ketones is 1. The molecule has 0 aliphatic heterocycles. The summed E-state index contributed by atoms with van der Waals surface area (Å²) >= 11 is 0. The first-order valence-corrected chi connectivity index (χ1v) is 10.4. The van der Waals surface area contributed by atoms with Crippen molar-refractivity contribution in [3.63, 3.8) is 0 Å². The molecule has 2 aliphatic rings. The molecular weight excluding hydrogens is 429 g/mol. The summed E-state index contributed by atoms with van der Waals surface area (Å²) < 4.78 is 70.5. The standard InChI is InChI=1S/C18H19F3N2O6S/c1-16(23-30(27,28)14-6-4-11(9-22-14)18(19,20)21)7-10-3-5-13(24)17(10,26)12(8-16)15(25)29-2/h4,6,8-10,23,26H,3,5,7H2,1-2H3/t10?,16-,17+/m1/s1. The molecule has 2 N–H and O–H groups in total. The van der Waals surface area contributed by atoms with Gasteiger partial charge in [-0.3, -0.25) is 4.79 Å². The van der Waals surface area contributed by atoms with Crippen molar-refractivity contribution in [2.75, 3.05) is 7.11 Å². The second kappa shape index (κ2) is 7.13. The van der Waals surface area contributed by atoms with E-state index in [0.717, 1.165) is 19.3 Å². The molecule has 1 aromatic heterocycles. The second-order valence-electron chi connectivity index (χ2n) is 7.58. The molecule has 1 unspecified atom stereocenters. The molecule has 164 valence electrons. The van der Waals surface area contributed by atoms with Crippen molar-refractivity contribution in [1.29, 1.82) is 0 Å².